The number of carbonyl (C=O) groups is 2. The van der Waals surface area contributed by atoms with Gasteiger partial charge in [0.2, 0.25) is 0 Å². The molecule has 3 N–H and O–H groups in total. The summed E-state index contributed by atoms with van der Waals surface area (Å²) >= 11 is 0. The van der Waals surface area contributed by atoms with Crippen LogP contribution in [0.5, 0.6) is 0 Å². The molecule has 1 aliphatic heterocycles. The molecule has 37 heavy (non-hydrogen) atoms. The Morgan fingerprint density at radius 3 is 2.68 bits per heavy atom. The lowest BCUT2D eigenvalue weighted by Crippen LogP contribution is -2.38. The Morgan fingerprint density at radius 1 is 1.19 bits per heavy atom. The van der Waals surface area contributed by atoms with Gasteiger partial charge in [0.1, 0.15) is 11.5 Å². The number of rotatable bonds is 6. The number of benzene rings is 2. The molecule has 4 aromatic rings. The normalized spacial score (nSPS) is 15.8. The highest BCUT2D eigenvalue weighted by Crippen LogP contribution is 2.32. The maximum atomic E-state index is 13.5. The van der Waals surface area contributed by atoms with Gasteiger partial charge in [-0.1, -0.05) is 31.2 Å². The van der Waals surface area contributed by atoms with Crippen LogP contribution in [-0.2, 0) is 13.1 Å². The van der Waals surface area contributed by atoms with Gasteiger partial charge in [-0.3, -0.25) is 14.3 Å². The third kappa shape index (κ3) is 5.03. The van der Waals surface area contributed by atoms with E-state index in [2.05, 4.69) is 15.4 Å². The number of hydrogen-bond donors (Lipinski definition) is 3. The molecule has 0 aliphatic carbocycles. The van der Waals surface area contributed by atoms with Crippen molar-refractivity contribution in [2.75, 3.05) is 11.9 Å². The zero-order valence-corrected chi connectivity index (χ0v) is 20.6. The van der Waals surface area contributed by atoms with Crippen LogP contribution in [-0.4, -0.2) is 43.1 Å². The number of aromatic nitrogens is 3. The van der Waals surface area contributed by atoms with Crippen LogP contribution in [0, 0.1) is 5.82 Å². The molecule has 9 heteroatoms. The molecule has 0 radical (unpaired) electrons. The van der Waals surface area contributed by atoms with Gasteiger partial charge in [-0.25, -0.2) is 4.39 Å². The van der Waals surface area contributed by atoms with E-state index >= 15 is 0 Å². The Bertz CT molecular complexity index is 1430. The smallest absolute Gasteiger partial charge is 0.276 e. The number of aliphatic hydroxyl groups is 1. The molecule has 2 aromatic heterocycles. The molecule has 2 amide bonds. The van der Waals surface area contributed by atoms with E-state index in [9.17, 15) is 19.1 Å². The largest absolute Gasteiger partial charge is 0.389 e. The predicted molar refractivity (Wildman–Crippen MR) is 137 cm³/mol. The van der Waals surface area contributed by atoms with E-state index < -0.39 is 12.0 Å². The van der Waals surface area contributed by atoms with Crippen molar-refractivity contribution in [3.05, 3.63) is 106 Å². The monoisotopic (exact) mass is 501 g/mol. The van der Waals surface area contributed by atoms with Crippen molar-refractivity contribution in [2.45, 2.75) is 39.0 Å². The number of nitrogens with zero attached hydrogens (tertiary/aromatic N) is 3. The van der Waals surface area contributed by atoms with E-state index in [1.54, 1.807) is 71.2 Å². The second kappa shape index (κ2) is 10.0. The summed E-state index contributed by atoms with van der Waals surface area (Å²) < 4.78 is 15.2. The Labute approximate surface area is 213 Å². The van der Waals surface area contributed by atoms with E-state index in [0.29, 0.717) is 35.6 Å². The molecule has 190 valence electrons. The first-order valence-electron chi connectivity index (χ1n) is 12.2. The molecule has 3 heterocycles. The van der Waals surface area contributed by atoms with E-state index in [1.807, 2.05) is 6.92 Å². The summed E-state index contributed by atoms with van der Waals surface area (Å²) in [4.78, 5) is 31.3. The minimum absolute atomic E-state index is 0.0873. The first-order chi connectivity index (χ1) is 17.8. The maximum Gasteiger partial charge on any atom is 0.276 e. The van der Waals surface area contributed by atoms with Crippen molar-refractivity contribution in [1.82, 2.24) is 19.7 Å². The molecule has 0 bridgehead atoms. The topological polar surface area (TPSA) is 103 Å². The van der Waals surface area contributed by atoms with Crippen molar-refractivity contribution >= 4 is 17.5 Å². The summed E-state index contributed by atoms with van der Waals surface area (Å²) in [7, 11) is 0. The molecule has 1 unspecified atom stereocenters. The summed E-state index contributed by atoms with van der Waals surface area (Å²) in [6.07, 6.45) is 1.03. The van der Waals surface area contributed by atoms with Crippen LogP contribution in [0.25, 0.3) is 0 Å². The van der Waals surface area contributed by atoms with Gasteiger partial charge in [0.25, 0.3) is 11.8 Å². The number of aliphatic hydroxyl groups excluding tert-OH is 1. The van der Waals surface area contributed by atoms with Crippen molar-refractivity contribution in [1.29, 1.82) is 0 Å². The van der Waals surface area contributed by atoms with Gasteiger partial charge in [-0.05, 0) is 54.4 Å². The van der Waals surface area contributed by atoms with Crippen molar-refractivity contribution in [2.24, 2.45) is 0 Å². The predicted octanol–water partition coefficient (Wildman–Crippen LogP) is 4.46. The highest BCUT2D eigenvalue weighted by atomic mass is 19.1. The highest BCUT2D eigenvalue weighted by molar-refractivity contribution is 6.04. The number of halogens is 1. The fourth-order valence-corrected chi connectivity index (χ4v) is 4.81. The first-order valence-corrected chi connectivity index (χ1v) is 12.2. The van der Waals surface area contributed by atoms with Crippen LogP contribution < -0.4 is 5.32 Å². The van der Waals surface area contributed by atoms with Gasteiger partial charge in [0, 0.05) is 35.6 Å². The van der Waals surface area contributed by atoms with Gasteiger partial charge in [0.15, 0.2) is 5.69 Å². The lowest BCUT2D eigenvalue weighted by Gasteiger charge is -2.32. The van der Waals surface area contributed by atoms with E-state index in [1.165, 1.54) is 12.1 Å². The van der Waals surface area contributed by atoms with Gasteiger partial charge in [0.05, 0.1) is 19.2 Å². The summed E-state index contributed by atoms with van der Waals surface area (Å²) in [5, 5.41) is 17.5. The fraction of sp³-hybridized carbons (Fsp3) is 0.250. The summed E-state index contributed by atoms with van der Waals surface area (Å²) in [5.41, 5.74) is 4.34. The number of fused-ring (bicyclic) bond motifs is 1. The van der Waals surface area contributed by atoms with Crippen LogP contribution in [0.1, 0.15) is 69.2 Å². The Kier molecular flexibility index (Phi) is 6.62. The zero-order chi connectivity index (χ0) is 26.1. The molecule has 0 spiro atoms. The standard InChI is InChI=1S/C28H28FN5O3/c1-17-14-33(28(37)24-7-4-12-30-24)16-23-25(27(36)31-22-6-3-5-20(13-22)18(2)35)32-34(26(17)23)15-19-8-10-21(29)11-9-19/h3-13,17-18,30,35H,14-16H2,1-2H3,(H,31,36)/t17?,18-/m0/s1. The number of H-pyrrole nitrogens is 1. The van der Waals surface area contributed by atoms with Crippen LogP contribution in [0.2, 0.25) is 0 Å². The zero-order valence-electron chi connectivity index (χ0n) is 20.6. The number of hydrogen-bond acceptors (Lipinski definition) is 4. The van der Waals surface area contributed by atoms with E-state index in [0.717, 1.165) is 11.3 Å². The molecule has 2 aromatic carbocycles. The average molecular weight is 502 g/mol. The van der Waals surface area contributed by atoms with Crippen molar-refractivity contribution in [3.8, 4) is 0 Å². The van der Waals surface area contributed by atoms with Crippen LogP contribution in [0.3, 0.4) is 0 Å². The molecule has 0 saturated heterocycles. The number of nitrogens with one attached hydrogen (secondary N) is 2. The summed E-state index contributed by atoms with van der Waals surface area (Å²) in [6, 6.07) is 16.7. The van der Waals surface area contributed by atoms with Crippen LogP contribution in [0.4, 0.5) is 10.1 Å². The Hall–Kier alpha value is -4.24. The second-order valence-corrected chi connectivity index (χ2v) is 9.42. The summed E-state index contributed by atoms with van der Waals surface area (Å²) in [5.74, 6) is -0.962. The lowest BCUT2D eigenvalue weighted by atomic mass is 9.95. The minimum atomic E-state index is -0.673. The number of amides is 2. The number of aromatic amines is 1. The molecule has 0 fully saturated rings. The number of carbonyl (C=O) groups excluding carboxylic acids is 2. The first kappa shape index (κ1) is 24.5. The van der Waals surface area contributed by atoms with Gasteiger partial charge >= 0.3 is 0 Å². The van der Waals surface area contributed by atoms with Gasteiger partial charge in [-0.15, -0.1) is 0 Å². The van der Waals surface area contributed by atoms with Gasteiger partial charge < -0.3 is 20.3 Å². The molecule has 1 aliphatic rings. The van der Waals surface area contributed by atoms with Crippen molar-refractivity contribution < 1.29 is 19.1 Å². The minimum Gasteiger partial charge on any atom is -0.389 e. The maximum absolute atomic E-state index is 13.5. The summed E-state index contributed by atoms with van der Waals surface area (Å²) in [6.45, 7) is 4.73. The molecule has 2 atom stereocenters. The third-order valence-electron chi connectivity index (χ3n) is 6.61. The Balaban J connectivity index is 1.51. The molecule has 5 rings (SSSR count). The fourth-order valence-electron chi connectivity index (χ4n) is 4.81. The average Bonchev–Trinajstić information content (AvgIpc) is 3.54. The van der Waals surface area contributed by atoms with E-state index in [4.69, 9.17) is 0 Å². The molecular formula is C28H28FN5O3. The van der Waals surface area contributed by atoms with Crippen LogP contribution in [0.15, 0.2) is 66.9 Å². The van der Waals surface area contributed by atoms with Gasteiger partial charge in [-0.2, -0.15) is 5.10 Å². The second-order valence-electron chi connectivity index (χ2n) is 9.42. The quantitative estimate of drug-likeness (QED) is 0.363. The van der Waals surface area contributed by atoms with Crippen LogP contribution >= 0.6 is 0 Å². The number of anilines is 1. The van der Waals surface area contributed by atoms with Crippen molar-refractivity contribution in [3.63, 3.8) is 0 Å². The molecule has 8 nitrogen and oxygen atoms in total. The SMILES string of the molecule is CC1CN(C(=O)c2ccc[nH]2)Cc2c(C(=O)Nc3cccc([C@H](C)O)c3)nn(Cc3ccc(F)cc3)c21. The van der Waals surface area contributed by atoms with E-state index in [-0.39, 0.29) is 29.9 Å². The molecule has 0 saturated carbocycles. The molecular weight excluding hydrogens is 473 g/mol. The Morgan fingerprint density at radius 2 is 1.97 bits per heavy atom. The lowest BCUT2D eigenvalue weighted by molar-refractivity contribution is 0.0711. The highest BCUT2D eigenvalue weighted by Gasteiger charge is 2.34. The third-order valence-corrected chi connectivity index (χ3v) is 6.61.